The van der Waals surface area contributed by atoms with Gasteiger partial charge in [0.05, 0.1) is 12.2 Å². The van der Waals surface area contributed by atoms with Crippen LogP contribution in [-0.4, -0.2) is 19.3 Å². The fourth-order valence-electron chi connectivity index (χ4n) is 4.56. The standard InChI is InChI=1S/C18H33BO2/c1-18(2,3)19-20-16(14-10-6-4-7-11-14)17(21-19)15-12-8-5-9-13-15/h14-17H,4-13H2,1-3H3/t16-,17-/m1/s1. The highest BCUT2D eigenvalue weighted by molar-refractivity contribution is 6.49. The third-order valence-electron chi connectivity index (χ3n) is 5.82. The Morgan fingerprint density at radius 3 is 1.38 bits per heavy atom. The molecule has 0 spiro atoms. The van der Waals surface area contributed by atoms with E-state index in [1.807, 2.05) is 0 Å². The molecule has 2 atom stereocenters. The van der Waals surface area contributed by atoms with Crippen LogP contribution in [-0.2, 0) is 9.31 Å². The molecule has 3 fully saturated rings. The smallest absolute Gasteiger partial charge is 0.405 e. The van der Waals surface area contributed by atoms with Crippen LogP contribution < -0.4 is 0 Å². The zero-order valence-electron chi connectivity index (χ0n) is 14.3. The van der Waals surface area contributed by atoms with Crippen LogP contribution in [0.1, 0.15) is 85.0 Å². The molecule has 1 saturated heterocycles. The predicted molar refractivity (Wildman–Crippen MR) is 88.4 cm³/mol. The Labute approximate surface area is 131 Å². The lowest BCUT2D eigenvalue weighted by atomic mass is 9.61. The largest absolute Gasteiger partial charge is 0.463 e. The van der Waals surface area contributed by atoms with E-state index < -0.39 is 0 Å². The van der Waals surface area contributed by atoms with Crippen molar-refractivity contribution < 1.29 is 9.31 Å². The summed E-state index contributed by atoms with van der Waals surface area (Å²) in [5, 5.41) is 0.0936. The lowest BCUT2D eigenvalue weighted by Crippen LogP contribution is -2.38. The first-order valence-corrected chi connectivity index (χ1v) is 9.36. The first-order valence-electron chi connectivity index (χ1n) is 9.36. The van der Waals surface area contributed by atoms with E-state index in [0.717, 1.165) is 11.8 Å². The molecule has 2 nitrogen and oxygen atoms in total. The topological polar surface area (TPSA) is 18.5 Å². The van der Waals surface area contributed by atoms with Crippen molar-refractivity contribution in [2.75, 3.05) is 0 Å². The van der Waals surface area contributed by atoms with Crippen LogP contribution in [0.3, 0.4) is 0 Å². The van der Waals surface area contributed by atoms with Gasteiger partial charge in [0.25, 0.3) is 0 Å². The molecule has 2 aliphatic carbocycles. The second-order valence-corrected chi connectivity index (χ2v) is 8.70. The van der Waals surface area contributed by atoms with Gasteiger partial charge < -0.3 is 9.31 Å². The van der Waals surface area contributed by atoms with E-state index in [1.165, 1.54) is 64.2 Å². The van der Waals surface area contributed by atoms with Crippen LogP contribution in [0, 0.1) is 11.8 Å². The van der Waals surface area contributed by atoms with Gasteiger partial charge in [-0.15, -0.1) is 0 Å². The predicted octanol–water partition coefficient (Wildman–Crippen LogP) is 5.22. The summed E-state index contributed by atoms with van der Waals surface area (Å²) in [5.74, 6) is 1.50. The summed E-state index contributed by atoms with van der Waals surface area (Å²) in [5.41, 5.74) is 0. The third kappa shape index (κ3) is 3.67. The van der Waals surface area contributed by atoms with Crippen LogP contribution in [0.4, 0.5) is 0 Å². The van der Waals surface area contributed by atoms with E-state index >= 15 is 0 Å². The molecule has 0 aromatic carbocycles. The van der Waals surface area contributed by atoms with Crippen molar-refractivity contribution in [3.05, 3.63) is 0 Å². The van der Waals surface area contributed by atoms with Gasteiger partial charge in [-0.25, -0.2) is 0 Å². The van der Waals surface area contributed by atoms with Gasteiger partial charge >= 0.3 is 7.12 Å². The van der Waals surface area contributed by atoms with E-state index in [-0.39, 0.29) is 12.4 Å². The average Bonchev–Trinajstić information content (AvgIpc) is 2.94. The molecule has 0 radical (unpaired) electrons. The maximum Gasteiger partial charge on any atom is 0.463 e. The van der Waals surface area contributed by atoms with Gasteiger partial charge in [-0.3, -0.25) is 0 Å². The van der Waals surface area contributed by atoms with Crippen LogP contribution in [0.25, 0.3) is 0 Å². The summed E-state index contributed by atoms with van der Waals surface area (Å²) in [6.07, 6.45) is 14.6. The Morgan fingerprint density at radius 2 is 1.05 bits per heavy atom. The van der Waals surface area contributed by atoms with Crippen molar-refractivity contribution in [3.8, 4) is 0 Å². The summed E-state index contributed by atoms with van der Waals surface area (Å²) in [4.78, 5) is 0. The van der Waals surface area contributed by atoms with Crippen LogP contribution in [0.2, 0.25) is 5.31 Å². The summed E-state index contributed by atoms with van der Waals surface area (Å²) in [7, 11) is -0.00338. The minimum Gasteiger partial charge on any atom is -0.405 e. The Kier molecular flexibility index (Phi) is 5.00. The molecule has 0 bridgehead atoms. The van der Waals surface area contributed by atoms with E-state index in [1.54, 1.807) is 0 Å². The molecular weight excluding hydrogens is 259 g/mol. The average molecular weight is 292 g/mol. The summed E-state index contributed by atoms with van der Waals surface area (Å²) in [6, 6.07) is 0. The van der Waals surface area contributed by atoms with Gasteiger partial charge in [-0.2, -0.15) is 0 Å². The lowest BCUT2D eigenvalue weighted by molar-refractivity contribution is 0.0324. The van der Waals surface area contributed by atoms with E-state index in [2.05, 4.69) is 20.8 Å². The highest BCUT2D eigenvalue weighted by Crippen LogP contribution is 2.44. The molecule has 0 N–H and O–H groups in total. The van der Waals surface area contributed by atoms with Crippen molar-refractivity contribution in [2.45, 2.75) is 103 Å². The molecule has 3 rings (SSSR count). The molecule has 1 heterocycles. The first-order chi connectivity index (χ1) is 10.1. The molecule has 1 aliphatic heterocycles. The molecule has 0 unspecified atom stereocenters. The van der Waals surface area contributed by atoms with Gasteiger partial charge in [0.2, 0.25) is 0 Å². The maximum atomic E-state index is 6.51. The molecule has 0 aromatic rings. The van der Waals surface area contributed by atoms with E-state index in [4.69, 9.17) is 9.31 Å². The molecule has 3 heteroatoms. The Hall–Kier alpha value is -0.0151. The van der Waals surface area contributed by atoms with Gasteiger partial charge in [0.15, 0.2) is 0 Å². The van der Waals surface area contributed by atoms with Crippen molar-refractivity contribution in [2.24, 2.45) is 11.8 Å². The molecular formula is C18H33BO2. The molecule has 0 aromatic heterocycles. The normalized spacial score (nSPS) is 33.6. The minimum atomic E-state index is -0.00338. The van der Waals surface area contributed by atoms with E-state index in [9.17, 15) is 0 Å². The molecule has 120 valence electrons. The highest BCUT2D eigenvalue weighted by Gasteiger charge is 2.50. The van der Waals surface area contributed by atoms with Crippen LogP contribution in [0.15, 0.2) is 0 Å². The van der Waals surface area contributed by atoms with Gasteiger partial charge in [-0.05, 0) is 42.8 Å². The number of hydrogen-bond acceptors (Lipinski definition) is 2. The van der Waals surface area contributed by atoms with Gasteiger partial charge in [0.1, 0.15) is 0 Å². The molecule has 0 amide bonds. The van der Waals surface area contributed by atoms with Crippen molar-refractivity contribution >= 4 is 7.12 Å². The fraction of sp³-hybridized carbons (Fsp3) is 1.00. The maximum absolute atomic E-state index is 6.51. The number of rotatable bonds is 2. The molecule has 2 saturated carbocycles. The van der Waals surface area contributed by atoms with Crippen molar-refractivity contribution in [1.82, 2.24) is 0 Å². The molecule has 21 heavy (non-hydrogen) atoms. The van der Waals surface area contributed by atoms with Crippen molar-refractivity contribution in [1.29, 1.82) is 0 Å². The Bertz CT molecular complexity index is 301. The summed E-state index contributed by atoms with van der Waals surface area (Å²) >= 11 is 0. The van der Waals surface area contributed by atoms with Crippen LogP contribution >= 0.6 is 0 Å². The van der Waals surface area contributed by atoms with Gasteiger partial charge in [-0.1, -0.05) is 59.3 Å². The third-order valence-corrected chi connectivity index (χ3v) is 5.82. The highest BCUT2D eigenvalue weighted by atomic mass is 16.7. The quantitative estimate of drug-likeness (QED) is 0.650. The minimum absolute atomic E-state index is 0.00338. The second-order valence-electron chi connectivity index (χ2n) is 8.70. The molecule has 3 aliphatic rings. The van der Waals surface area contributed by atoms with Crippen LogP contribution in [0.5, 0.6) is 0 Å². The van der Waals surface area contributed by atoms with Gasteiger partial charge in [0, 0.05) is 0 Å². The zero-order chi connectivity index (χ0) is 14.9. The summed E-state index contributed by atoms with van der Waals surface area (Å²) in [6.45, 7) is 6.75. The fourth-order valence-corrected chi connectivity index (χ4v) is 4.56. The Morgan fingerprint density at radius 1 is 0.667 bits per heavy atom. The lowest BCUT2D eigenvalue weighted by Gasteiger charge is -2.35. The number of hydrogen-bond donors (Lipinski definition) is 0. The Balaban J connectivity index is 1.72. The second kappa shape index (κ2) is 6.62. The van der Waals surface area contributed by atoms with Crippen molar-refractivity contribution in [3.63, 3.8) is 0 Å². The first kappa shape index (κ1) is 15.9. The monoisotopic (exact) mass is 292 g/mol. The zero-order valence-corrected chi connectivity index (χ0v) is 14.3. The SMILES string of the molecule is CC(C)(C)B1O[C@H](C2CCCCC2)[C@@H](C2CCCCC2)O1. The van der Waals surface area contributed by atoms with E-state index in [0.29, 0.717) is 12.2 Å². The summed E-state index contributed by atoms with van der Waals surface area (Å²) < 4.78 is 13.0.